The van der Waals surface area contributed by atoms with Crippen molar-refractivity contribution in [2.24, 2.45) is 5.92 Å². The summed E-state index contributed by atoms with van der Waals surface area (Å²) in [5.41, 5.74) is 2.43. The Balaban J connectivity index is 2.69. The van der Waals surface area contributed by atoms with Crippen LogP contribution in [0.15, 0.2) is 4.47 Å². The number of hydrogen-bond acceptors (Lipinski definition) is 2. The van der Waals surface area contributed by atoms with Gasteiger partial charge in [-0.25, -0.2) is 0 Å². The summed E-state index contributed by atoms with van der Waals surface area (Å²) < 4.78 is 3.27. The van der Waals surface area contributed by atoms with Crippen LogP contribution >= 0.6 is 15.9 Å². The Morgan fingerprint density at radius 1 is 1.28 bits per heavy atom. The average Bonchev–Trinajstić information content (AvgIpc) is 2.62. The minimum atomic E-state index is 0.544. The predicted octanol–water partition coefficient (Wildman–Crippen LogP) is 3.75. The van der Waals surface area contributed by atoms with Gasteiger partial charge < -0.3 is 5.32 Å². The van der Waals surface area contributed by atoms with E-state index in [1.165, 1.54) is 16.6 Å². The zero-order valence-corrected chi connectivity index (χ0v) is 13.8. The molecule has 0 aromatic carbocycles. The maximum Gasteiger partial charge on any atom is 0.0767 e. The van der Waals surface area contributed by atoms with Gasteiger partial charge in [0, 0.05) is 19.1 Å². The largest absolute Gasteiger partial charge is 0.309 e. The molecule has 104 valence electrons. The van der Waals surface area contributed by atoms with Gasteiger partial charge in [-0.1, -0.05) is 20.8 Å². The Labute approximate surface area is 119 Å². The molecule has 1 aromatic heterocycles. The molecule has 1 unspecified atom stereocenters. The first-order valence-corrected chi connectivity index (χ1v) is 7.76. The van der Waals surface area contributed by atoms with Gasteiger partial charge in [-0.05, 0) is 48.5 Å². The Morgan fingerprint density at radius 2 is 1.94 bits per heavy atom. The molecule has 0 bridgehead atoms. The second kappa shape index (κ2) is 7.29. The van der Waals surface area contributed by atoms with Crippen LogP contribution in [-0.2, 0) is 19.5 Å². The molecule has 0 aliphatic heterocycles. The molecular formula is C14H26BrN3. The van der Waals surface area contributed by atoms with Gasteiger partial charge in [0.2, 0.25) is 0 Å². The van der Waals surface area contributed by atoms with Gasteiger partial charge in [0.1, 0.15) is 0 Å². The summed E-state index contributed by atoms with van der Waals surface area (Å²) in [6.07, 6.45) is 2.18. The lowest BCUT2D eigenvalue weighted by molar-refractivity contribution is 0.432. The summed E-state index contributed by atoms with van der Waals surface area (Å²) in [5.74, 6) is 0.734. The third-order valence-electron chi connectivity index (χ3n) is 3.14. The number of nitrogens with zero attached hydrogens (tertiary/aromatic N) is 2. The highest BCUT2D eigenvalue weighted by Crippen LogP contribution is 2.22. The molecule has 1 rings (SSSR count). The molecule has 0 spiro atoms. The van der Waals surface area contributed by atoms with Gasteiger partial charge in [0.25, 0.3) is 0 Å². The SMILES string of the molecule is CCc1nn(CC)c(CNC(C)CC(C)C)c1Br. The second-order valence-electron chi connectivity index (χ2n) is 5.29. The van der Waals surface area contributed by atoms with Gasteiger partial charge in [0.05, 0.1) is 15.9 Å². The molecule has 1 N–H and O–H groups in total. The van der Waals surface area contributed by atoms with Crippen molar-refractivity contribution < 1.29 is 0 Å². The quantitative estimate of drug-likeness (QED) is 0.830. The minimum absolute atomic E-state index is 0.544. The maximum absolute atomic E-state index is 4.62. The molecule has 1 aromatic rings. The third-order valence-corrected chi connectivity index (χ3v) is 4.05. The highest BCUT2D eigenvalue weighted by atomic mass is 79.9. The van der Waals surface area contributed by atoms with Crippen LogP contribution in [0.5, 0.6) is 0 Å². The van der Waals surface area contributed by atoms with E-state index in [2.05, 4.69) is 65.6 Å². The first-order valence-electron chi connectivity index (χ1n) is 6.96. The van der Waals surface area contributed by atoms with Crippen LogP contribution in [0.1, 0.15) is 52.4 Å². The summed E-state index contributed by atoms with van der Waals surface area (Å²) in [6, 6.07) is 0.544. The summed E-state index contributed by atoms with van der Waals surface area (Å²) in [4.78, 5) is 0. The standard InChI is InChI=1S/C14H26BrN3/c1-6-12-14(15)13(18(7-2)17-12)9-16-11(5)8-10(3)4/h10-11,16H,6-9H2,1-5H3. The van der Waals surface area contributed by atoms with E-state index >= 15 is 0 Å². The lowest BCUT2D eigenvalue weighted by Gasteiger charge is -2.16. The Kier molecular flexibility index (Phi) is 6.36. The van der Waals surface area contributed by atoms with Gasteiger partial charge in [-0.15, -0.1) is 0 Å². The van der Waals surface area contributed by atoms with Gasteiger partial charge in [-0.3, -0.25) is 4.68 Å². The summed E-state index contributed by atoms with van der Waals surface area (Å²) >= 11 is 3.68. The van der Waals surface area contributed by atoms with E-state index in [9.17, 15) is 0 Å². The van der Waals surface area contributed by atoms with E-state index in [1.807, 2.05) is 0 Å². The van der Waals surface area contributed by atoms with Gasteiger partial charge in [-0.2, -0.15) is 5.10 Å². The summed E-state index contributed by atoms with van der Waals surface area (Å²) in [6.45, 7) is 12.9. The maximum atomic E-state index is 4.62. The Morgan fingerprint density at radius 3 is 2.44 bits per heavy atom. The third kappa shape index (κ3) is 4.09. The van der Waals surface area contributed by atoms with E-state index in [0.717, 1.165) is 31.1 Å². The van der Waals surface area contributed by atoms with Crippen molar-refractivity contribution >= 4 is 15.9 Å². The molecule has 3 nitrogen and oxygen atoms in total. The van der Waals surface area contributed by atoms with Gasteiger partial charge >= 0.3 is 0 Å². The van der Waals surface area contributed by atoms with Gasteiger partial charge in [0.15, 0.2) is 0 Å². The highest BCUT2D eigenvalue weighted by Gasteiger charge is 2.14. The molecule has 0 saturated heterocycles. The van der Waals surface area contributed by atoms with Crippen LogP contribution in [0, 0.1) is 5.92 Å². The number of nitrogens with one attached hydrogen (secondary N) is 1. The van der Waals surface area contributed by atoms with E-state index in [-0.39, 0.29) is 0 Å². The molecule has 0 amide bonds. The van der Waals surface area contributed by atoms with Crippen molar-refractivity contribution in [3.63, 3.8) is 0 Å². The molecule has 0 aliphatic rings. The topological polar surface area (TPSA) is 29.9 Å². The Hall–Kier alpha value is -0.350. The molecule has 0 saturated carbocycles. The van der Waals surface area contributed by atoms with Crippen molar-refractivity contribution in [1.29, 1.82) is 0 Å². The molecule has 1 heterocycles. The first kappa shape index (κ1) is 15.7. The molecule has 18 heavy (non-hydrogen) atoms. The number of aryl methyl sites for hydroxylation is 2. The minimum Gasteiger partial charge on any atom is -0.309 e. The molecule has 0 aliphatic carbocycles. The molecule has 4 heteroatoms. The van der Waals surface area contributed by atoms with Crippen molar-refractivity contribution in [2.45, 2.75) is 66.6 Å². The van der Waals surface area contributed by atoms with Crippen LogP contribution < -0.4 is 5.32 Å². The first-order chi connectivity index (χ1) is 8.49. The van der Waals surface area contributed by atoms with Crippen LogP contribution in [0.2, 0.25) is 0 Å². The van der Waals surface area contributed by atoms with E-state index in [1.54, 1.807) is 0 Å². The molecule has 1 atom stereocenters. The van der Waals surface area contributed by atoms with E-state index < -0.39 is 0 Å². The monoisotopic (exact) mass is 315 g/mol. The Bertz CT molecular complexity index is 371. The van der Waals surface area contributed by atoms with Crippen molar-refractivity contribution in [3.8, 4) is 0 Å². The van der Waals surface area contributed by atoms with Crippen LogP contribution in [0.4, 0.5) is 0 Å². The van der Waals surface area contributed by atoms with Crippen molar-refractivity contribution in [1.82, 2.24) is 15.1 Å². The second-order valence-corrected chi connectivity index (χ2v) is 6.08. The zero-order valence-electron chi connectivity index (χ0n) is 12.3. The van der Waals surface area contributed by atoms with Crippen molar-refractivity contribution in [2.75, 3.05) is 0 Å². The van der Waals surface area contributed by atoms with E-state index in [0.29, 0.717) is 6.04 Å². The smallest absolute Gasteiger partial charge is 0.0767 e. The number of hydrogen-bond donors (Lipinski definition) is 1. The fourth-order valence-electron chi connectivity index (χ4n) is 2.25. The normalized spacial score (nSPS) is 13.3. The summed E-state index contributed by atoms with van der Waals surface area (Å²) in [7, 11) is 0. The zero-order chi connectivity index (χ0) is 13.7. The van der Waals surface area contributed by atoms with Crippen LogP contribution in [0.25, 0.3) is 0 Å². The van der Waals surface area contributed by atoms with Crippen molar-refractivity contribution in [3.05, 3.63) is 15.9 Å². The van der Waals surface area contributed by atoms with Crippen LogP contribution in [-0.4, -0.2) is 15.8 Å². The average molecular weight is 316 g/mol. The van der Waals surface area contributed by atoms with Crippen LogP contribution in [0.3, 0.4) is 0 Å². The lowest BCUT2D eigenvalue weighted by Crippen LogP contribution is -2.28. The number of aromatic nitrogens is 2. The summed E-state index contributed by atoms with van der Waals surface area (Å²) in [5, 5.41) is 8.21. The number of halogens is 1. The lowest BCUT2D eigenvalue weighted by atomic mass is 10.1. The fourth-order valence-corrected chi connectivity index (χ4v) is 2.95. The van der Waals surface area contributed by atoms with E-state index in [4.69, 9.17) is 0 Å². The number of rotatable bonds is 7. The molecular weight excluding hydrogens is 290 g/mol. The molecule has 0 radical (unpaired) electrons. The predicted molar refractivity (Wildman–Crippen MR) is 80.7 cm³/mol. The molecule has 0 fully saturated rings. The fraction of sp³-hybridized carbons (Fsp3) is 0.786. The highest BCUT2D eigenvalue weighted by molar-refractivity contribution is 9.10.